The number of aliphatic hydroxyl groups is 1. The van der Waals surface area contributed by atoms with E-state index in [9.17, 15) is 5.11 Å². The molecule has 0 unspecified atom stereocenters. The fourth-order valence-electron chi connectivity index (χ4n) is 4.54. The van der Waals surface area contributed by atoms with E-state index in [-0.39, 0.29) is 5.92 Å². The Balaban J connectivity index is 1.26. The molecule has 0 radical (unpaired) electrons. The van der Waals surface area contributed by atoms with E-state index < -0.39 is 5.60 Å². The molecule has 2 aromatic carbocycles. The quantitative estimate of drug-likeness (QED) is 0.182. The second-order valence-electron chi connectivity index (χ2n) is 10.6. The number of pyridine rings is 1. The van der Waals surface area contributed by atoms with E-state index in [1.807, 2.05) is 25.1 Å². The number of H-pyrrole nitrogens is 1. The largest absolute Gasteiger partial charge is 0.493 e. The van der Waals surface area contributed by atoms with Crippen molar-refractivity contribution in [3.05, 3.63) is 82.6 Å². The number of thiophene rings is 1. The van der Waals surface area contributed by atoms with Crippen LogP contribution in [0.25, 0.3) is 21.2 Å². The van der Waals surface area contributed by atoms with Gasteiger partial charge < -0.3 is 14.6 Å². The highest BCUT2D eigenvalue weighted by molar-refractivity contribution is 7.17. The lowest BCUT2D eigenvalue weighted by Crippen LogP contribution is -2.21. The molecule has 41 heavy (non-hydrogen) atoms. The zero-order chi connectivity index (χ0) is 28.8. The molecule has 5 aromatic rings. The molecule has 2 N–H and O–H groups in total. The Morgan fingerprint density at radius 2 is 1.95 bits per heavy atom. The first-order valence-electron chi connectivity index (χ1n) is 13.5. The third-order valence-electron chi connectivity index (χ3n) is 6.75. The van der Waals surface area contributed by atoms with Crippen molar-refractivity contribution < 1.29 is 14.6 Å². The standard InChI is InChI=1S/C32H33N5O3S/c1-5-6-23(17-30-34-36-37-35-30)24-8-12-31(33-18-24)40-19-22-7-11-29-27(16-22)28(20-41-29)26-10-9-25(15-21(26)2)39-14-13-32(3,4)38/h7-12,15-16,18,20,23,38H,13-14,17,19H2,1-4H3,(H,34,35,36,37)/t23-/m0/s1. The van der Waals surface area contributed by atoms with Gasteiger partial charge in [0.1, 0.15) is 12.4 Å². The van der Waals surface area contributed by atoms with Crippen LogP contribution in [-0.4, -0.2) is 42.9 Å². The number of fused-ring (bicyclic) bond motifs is 1. The summed E-state index contributed by atoms with van der Waals surface area (Å²) >= 11 is 1.73. The molecule has 0 amide bonds. The highest BCUT2D eigenvalue weighted by Gasteiger charge is 2.15. The van der Waals surface area contributed by atoms with Gasteiger partial charge in [-0.2, -0.15) is 5.21 Å². The zero-order valence-corrected chi connectivity index (χ0v) is 24.5. The van der Waals surface area contributed by atoms with Gasteiger partial charge in [0.15, 0.2) is 5.82 Å². The van der Waals surface area contributed by atoms with Crippen molar-refractivity contribution in [2.75, 3.05) is 6.61 Å². The van der Waals surface area contributed by atoms with E-state index in [4.69, 9.17) is 9.47 Å². The second kappa shape index (κ2) is 12.5. The molecule has 3 heterocycles. The maximum absolute atomic E-state index is 9.93. The van der Waals surface area contributed by atoms with Crippen molar-refractivity contribution in [3.63, 3.8) is 0 Å². The highest BCUT2D eigenvalue weighted by atomic mass is 32.1. The minimum atomic E-state index is -0.741. The number of rotatable bonds is 11. The number of aromatic amines is 1. The van der Waals surface area contributed by atoms with Crippen molar-refractivity contribution in [2.45, 2.75) is 58.7 Å². The molecule has 0 aliphatic rings. The second-order valence-corrected chi connectivity index (χ2v) is 11.5. The molecule has 210 valence electrons. The average molecular weight is 568 g/mol. The minimum absolute atomic E-state index is 0.0738. The number of tetrazole rings is 1. The van der Waals surface area contributed by atoms with E-state index in [0.29, 0.717) is 37.8 Å². The number of nitrogens with one attached hydrogen (secondary N) is 1. The van der Waals surface area contributed by atoms with Gasteiger partial charge >= 0.3 is 0 Å². The van der Waals surface area contributed by atoms with Gasteiger partial charge in [0.25, 0.3) is 0 Å². The highest BCUT2D eigenvalue weighted by Crippen LogP contribution is 2.37. The van der Waals surface area contributed by atoms with E-state index in [1.165, 1.54) is 21.2 Å². The van der Waals surface area contributed by atoms with Crippen LogP contribution >= 0.6 is 11.3 Å². The number of hydrogen-bond donors (Lipinski definition) is 2. The molecule has 0 spiro atoms. The molecule has 3 aromatic heterocycles. The number of aryl methyl sites for hydroxylation is 1. The van der Waals surface area contributed by atoms with Crippen molar-refractivity contribution >= 4 is 21.4 Å². The Labute approximate surface area is 243 Å². The summed E-state index contributed by atoms with van der Waals surface area (Å²) < 4.78 is 13.1. The molecule has 0 aliphatic carbocycles. The molecule has 5 rings (SSSR count). The molecular weight excluding hydrogens is 534 g/mol. The number of nitrogens with zero attached hydrogens (tertiary/aromatic N) is 4. The van der Waals surface area contributed by atoms with Gasteiger partial charge in [-0.05, 0) is 79.6 Å². The summed E-state index contributed by atoms with van der Waals surface area (Å²) in [7, 11) is 0. The van der Waals surface area contributed by atoms with Crippen molar-refractivity contribution in [2.24, 2.45) is 0 Å². The molecular formula is C32H33N5O3S. The van der Waals surface area contributed by atoms with Crippen LogP contribution in [0.1, 0.15) is 55.6 Å². The smallest absolute Gasteiger partial charge is 0.213 e. The van der Waals surface area contributed by atoms with Crippen LogP contribution in [0.15, 0.2) is 60.1 Å². The van der Waals surface area contributed by atoms with E-state index in [0.717, 1.165) is 22.4 Å². The van der Waals surface area contributed by atoms with E-state index in [1.54, 1.807) is 31.4 Å². The summed E-state index contributed by atoms with van der Waals surface area (Å²) in [4.78, 5) is 4.52. The third-order valence-corrected chi connectivity index (χ3v) is 7.71. The van der Waals surface area contributed by atoms with Crippen LogP contribution in [0.2, 0.25) is 0 Å². The Morgan fingerprint density at radius 3 is 2.66 bits per heavy atom. The molecule has 0 bridgehead atoms. The molecule has 0 saturated carbocycles. The molecule has 0 fully saturated rings. The maximum Gasteiger partial charge on any atom is 0.213 e. The first-order valence-corrected chi connectivity index (χ1v) is 14.4. The van der Waals surface area contributed by atoms with E-state index >= 15 is 0 Å². The summed E-state index contributed by atoms with van der Waals surface area (Å²) in [6.45, 7) is 8.37. The van der Waals surface area contributed by atoms with Gasteiger partial charge in [-0.25, -0.2) is 4.98 Å². The first-order chi connectivity index (χ1) is 19.8. The number of ether oxygens (including phenoxy) is 2. The summed E-state index contributed by atoms with van der Waals surface area (Å²) in [6.07, 6.45) is 2.92. The molecule has 0 aliphatic heterocycles. The van der Waals surface area contributed by atoms with Crippen LogP contribution < -0.4 is 9.47 Å². The Kier molecular flexibility index (Phi) is 8.62. The lowest BCUT2D eigenvalue weighted by atomic mass is 9.97. The van der Waals surface area contributed by atoms with Crippen molar-refractivity contribution in [1.82, 2.24) is 25.6 Å². The number of hydrogen-bond acceptors (Lipinski definition) is 8. The van der Waals surface area contributed by atoms with Gasteiger partial charge in [-0.15, -0.1) is 27.5 Å². The van der Waals surface area contributed by atoms with Gasteiger partial charge in [0, 0.05) is 40.8 Å². The summed E-state index contributed by atoms with van der Waals surface area (Å²) in [5, 5.41) is 27.5. The van der Waals surface area contributed by atoms with Crippen molar-refractivity contribution in [1.29, 1.82) is 0 Å². The Bertz CT molecular complexity index is 1660. The number of aromatic nitrogens is 5. The fraction of sp³-hybridized carbons (Fsp3) is 0.312. The van der Waals surface area contributed by atoms with Gasteiger partial charge in [0.2, 0.25) is 5.88 Å². The topological polar surface area (TPSA) is 106 Å². The lowest BCUT2D eigenvalue weighted by molar-refractivity contribution is 0.0553. The third kappa shape index (κ3) is 7.28. The normalized spacial score (nSPS) is 12.1. The van der Waals surface area contributed by atoms with Crippen LogP contribution in [0.5, 0.6) is 11.6 Å². The molecule has 9 heteroatoms. The van der Waals surface area contributed by atoms with Gasteiger partial charge in [0.05, 0.1) is 18.1 Å². The van der Waals surface area contributed by atoms with Crippen LogP contribution in [0.3, 0.4) is 0 Å². The predicted octanol–water partition coefficient (Wildman–Crippen LogP) is 6.25. The Hall–Kier alpha value is -4.26. The van der Waals surface area contributed by atoms with Gasteiger partial charge in [-0.1, -0.05) is 29.3 Å². The fourth-order valence-corrected chi connectivity index (χ4v) is 5.48. The minimum Gasteiger partial charge on any atom is -0.493 e. The average Bonchev–Trinajstić information content (AvgIpc) is 3.61. The first kappa shape index (κ1) is 28.3. The zero-order valence-electron chi connectivity index (χ0n) is 23.6. The molecule has 0 saturated heterocycles. The summed E-state index contributed by atoms with van der Waals surface area (Å²) in [6, 6.07) is 16.5. The van der Waals surface area contributed by atoms with Crippen molar-refractivity contribution in [3.8, 4) is 34.6 Å². The molecule has 8 nitrogen and oxygen atoms in total. The number of benzene rings is 2. The maximum atomic E-state index is 9.93. The van der Waals surface area contributed by atoms with Crippen LogP contribution in [-0.2, 0) is 13.0 Å². The van der Waals surface area contributed by atoms with E-state index in [2.05, 4.69) is 80.1 Å². The monoisotopic (exact) mass is 567 g/mol. The predicted molar refractivity (Wildman–Crippen MR) is 161 cm³/mol. The summed E-state index contributed by atoms with van der Waals surface area (Å²) in [5.74, 6) is 8.08. The van der Waals surface area contributed by atoms with Crippen LogP contribution in [0, 0.1) is 18.8 Å². The van der Waals surface area contributed by atoms with Crippen LogP contribution in [0.4, 0.5) is 0 Å². The molecule has 1 atom stereocenters. The lowest BCUT2D eigenvalue weighted by Gasteiger charge is -2.17. The SMILES string of the molecule is CC#C[C@@H](Cc1nn[nH]n1)c1ccc(OCc2ccc3scc(-c4ccc(OCCC(C)(C)O)cc4C)c3c2)nc1. The Morgan fingerprint density at radius 1 is 1.07 bits per heavy atom. The van der Waals surface area contributed by atoms with Gasteiger partial charge in [-0.3, -0.25) is 0 Å². The summed E-state index contributed by atoms with van der Waals surface area (Å²) in [5.41, 5.74) is 4.81.